The molecule has 2 rings (SSSR count). The van der Waals surface area contributed by atoms with Crippen molar-refractivity contribution < 1.29 is 15.0 Å². The lowest BCUT2D eigenvalue weighted by atomic mass is 9.47. The minimum absolute atomic E-state index is 0.110. The minimum Gasteiger partial charge on any atom is -0.478 e. The van der Waals surface area contributed by atoms with Gasteiger partial charge >= 0.3 is 5.97 Å². The van der Waals surface area contributed by atoms with Gasteiger partial charge in [-0.15, -0.1) is 0 Å². The van der Waals surface area contributed by atoms with Crippen LogP contribution in [0.2, 0.25) is 0 Å². The van der Waals surface area contributed by atoms with Gasteiger partial charge in [0.15, 0.2) is 0 Å². The van der Waals surface area contributed by atoms with Crippen molar-refractivity contribution >= 4 is 5.97 Å². The molecule has 130 valence electrons. The predicted molar refractivity (Wildman–Crippen MR) is 93.1 cm³/mol. The molecule has 0 aliphatic heterocycles. The number of allylic oxidation sites excluding steroid dienone is 2. The van der Waals surface area contributed by atoms with Crippen LogP contribution < -0.4 is 0 Å². The Morgan fingerprint density at radius 1 is 1.39 bits per heavy atom. The Morgan fingerprint density at radius 2 is 2.09 bits per heavy atom. The van der Waals surface area contributed by atoms with Crippen LogP contribution >= 0.6 is 0 Å². The molecule has 3 heteroatoms. The van der Waals surface area contributed by atoms with Crippen molar-refractivity contribution in [3.63, 3.8) is 0 Å². The number of fused-ring (bicyclic) bond motifs is 1. The lowest BCUT2D eigenvalue weighted by molar-refractivity contribution is -0.131. The third-order valence-corrected chi connectivity index (χ3v) is 6.97. The van der Waals surface area contributed by atoms with Crippen molar-refractivity contribution in [3.8, 4) is 0 Å². The molecule has 0 aromatic heterocycles. The van der Waals surface area contributed by atoms with Crippen LogP contribution in [-0.2, 0) is 4.79 Å². The summed E-state index contributed by atoms with van der Waals surface area (Å²) in [4.78, 5) is 10.9. The highest BCUT2D eigenvalue weighted by Gasteiger charge is 2.53. The van der Waals surface area contributed by atoms with Gasteiger partial charge in [-0.1, -0.05) is 32.4 Å². The van der Waals surface area contributed by atoms with Crippen molar-refractivity contribution in [2.24, 2.45) is 22.7 Å². The standard InChI is InChI=1S/C20H32O3/c1-14(12-18(22)23)8-10-19(3)15(2)9-11-20(4)16(13-21)6-5-7-17(19)20/h6,12,15,17,21H,5,7-11,13H2,1-4H3,(H,22,23)/b14-12+/t15-,17-,19+,20+/m1/s1. The van der Waals surface area contributed by atoms with Crippen LogP contribution in [0.15, 0.2) is 23.3 Å². The van der Waals surface area contributed by atoms with Crippen LogP contribution in [0.4, 0.5) is 0 Å². The lowest BCUT2D eigenvalue weighted by Crippen LogP contribution is -2.50. The van der Waals surface area contributed by atoms with Crippen LogP contribution in [-0.4, -0.2) is 22.8 Å². The monoisotopic (exact) mass is 320 g/mol. The summed E-state index contributed by atoms with van der Waals surface area (Å²) in [6.07, 6.45) is 10.1. The number of carboxylic acids is 1. The van der Waals surface area contributed by atoms with Gasteiger partial charge in [-0.05, 0) is 73.7 Å². The zero-order valence-electron chi connectivity index (χ0n) is 15.1. The number of carbonyl (C=O) groups is 1. The van der Waals surface area contributed by atoms with Gasteiger partial charge in [0.1, 0.15) is 0 Å². The molecule has 3 nitrogen and oxygen atoms in total. The molecule has 0 aromatic rings. The number of aliphatic carboxylic acids is 1. The molecular weight excluding hydrogens is 288 g/mol. The summed E-state index contributed by atoms with van der Waals surface area (Å²) < 4.78 is 0. The molecule has 2 N–H and O–H groups in total. The summed E-state index contributed by atoms with van der Waals surface area (Å²) >= 11 is 0. The fraction of sp³-hybridized carbons (Fsp3) is 0.750. The molecule has 0 radical (unpaired) electrons. The summed E-state index contributed by atoms with van der Waals surface area (Å²) in [6, 6.07) is 0. The van der Waals surface area contributed by atoms with E-state index in [1.54, 1.807) is 0 Å². The zero-order chi connectivity index (χ0) is 17.3. The molecular formula is C20H32O3. The van der Waals surface area contributed by atoms with E-state index in [0.29, 0.717) is 11.8 Å². The Hall–Kier alpha value is -1.09. The SMILES string of the molecule is C/C(=C\C(=O)O)CC[C@@]1(C)[C@H](C)CC[C@@]2(C)C(CO)=CCC[C@H]12. The normalized spacial score (nSPS) is 38.0. The van der Waals surface area contributed by atoms with E-state index < -0.39 is 5.97 Å². The molecule has 23 heavy (non-hydrogen) atoms. The van der Waals surface area contributed by atoms with Gasteiger partial charge in [0.25, 0.3) is 0 Å². The van der Waals surface area contributed by atoms with E-state index in [-0.39, 0.29) is 17.4 Å². The largest absolute Gasteiger partial charge is 0.478 e. The first-order valence-corrected chi connectivity index (χ1v) is 8.94. The maximum Gasteiger partial charge on any atom is 0.328 e. The van der Waals surface area contributed by atoms with E-state index in [0.717, 1.165) is 31.3 Å². The number of aliphatic hydroxyl groups is 1. The average molecular weight is 320 g/mol. The highest BCUT2D eigenvalue weighted by Crippen LogP contribution is 2.61. The second kappa shape index (κ2) is 6.80. The summed E-state index contributed by atoms with van der Waals surface area (Å²) in [5, 5.41) is 18.7. The van der Waals surface area contributed by atoms with Gasteiger partial charge in [0, 0.05) is 6.08 Å². The van der Waals surface area contributed by atoms with Gasteiger partial charge in [-0.25, -0.2) is 4.79 Å². The van der Waals surface area contributed by atoms with Gasteiger partial charge in [0.2, 0.25) is 0 Å². The maximum atomic E-state index is 10.9. The van der Waals surface area contributed by atoms with Crippen molar-refractivity contribution in [1.29, 1.82) is 0 Å². The van der Waals surface area contributed by atoms with Crippen molar-refractivity contribution in [3.05, 3.63) is 23.3 Å². The fourth-order valence-electron chi connectivity index (χ4n) is 5.20. The quantitative estimate of drug-likeness (QED) is 0.576. The molecule has 1 fully saturated rings. The molecule has 0 bridgehead atoms. The van der Waals surface area contributed by atoms with Crippen LogP contribution in [0.1, 0.15) is 66.2 Å². The Morgan fingerprint density at radius 3 is 2.70 bits per heavy atom. The number of hydrogen-bond donors (Lipinski definition) is 2. The molecule has 0 heterocycles. The highest BCUT2D eigenvalue weighted by atomic mass is 16.4. The number of aliphatic hydroxyl groups excluding tert-OH is 1. The number of rotatable bonds is 5. The van der Waals surface area contributed by atoms with E-state index in [2.05, 4.69) is 26.8 Å². The summed E-state index contributed by atoms with van der Waals surface area (Å²) in [5.41, 5.74) is 2.49. The maximum absolute atomic E-state index is 10.9. The number of carboxylic acid groups (broad SMARTS) is 1. The van der Waals surface area contributed by atoms with Gasteiger partial charge < -0.3 is 10.2 Å². The smallest absolute Gasteiger partial charge is 0.328 e. The molecule has 0 aromatic carbocycles. The van der Waals surface area contributed by atoms with Crippen LogP contribution in [0.3, 0.4) is 0 Å². The van der Waals surface area contributed by atoms with Gasteiger partial charge in [-0.2, -0.15) is 0 Å². The van der Waals surface area contributed by atoms with E-state index in [1.165, 1.54) is 24.5 Å². The van der Waals surface area contributed by atoms with E-state index in [4.69, 9.17) is 5.11 Å². The van der Waals surface area contributed by atoms with Gasteiger partial charge in [0.05, 0.1) is 6.61 Å². The topological polar surface area (TPSA) is 57.5 Å². The first kappa shape index (κ1) is 18.3. The zero-order valence-corrected chi connectivity index (χ0v) is 15.1. The Balaban J connectivity index is 2.24. The Kier molecular flexibility index (Phi) is 5.40. The summed E-state index contributed by atoms with van der Waals surface area (Å²) in [6.45, 7) is 9.18. The first-order chi connectivity index (χ1) is 10.7. The molecule has 0 unspecified atom stereocenters. The molecule has 4 atom stereocenters. The third kappa shape index (κ3) is 3.40. The second-order valence-corrected chi connectivity index (χ2v) is 8.21. The molecule has 2 aliphatic rings. The molecule has 1 saturated carbocycles. The molecule has 0 saturated heterocycles. The lowest BCUT2D eigenvalue weighted by Gasteiger charge is -2.58. The van der Waals surface area contributed by atoms with Crippen molar-refractivity contribution in [2.45, 2.75) is 66.2 Å². The third-order valence-electron chi connectivity index (χ3n) is 6.97. The summed E-state index contributed by atoms with van der Waals surface area (Å²) in [5.74, 6) is 0.358. The summed E-state index contributed by atoms with van der Waals surface area (Å²) in [7, 11) is 0. The predicted octanol–water partition coefficient (Wildman–Crippen LogP) is 4.57. The molecule has 2 aliphatic carbocycles. The molecule has 0 amide bonds. The van der Waals surface area contributed by atoms with Crippen molar-refractivity contribution in [1.82, 2.24) is 0 Å². The number of hydrogen-bond acceptors (Lipinski definition) is 2. The first-order valence-electron chi connectivity index (χ1n) is 8.94. The van der Waals surface area contributed by atoms with Crippen LogP contribution in [0.25, 0.3) is 0 Å². The fourth-order valence-corrected chi connectivity index (χ4v) is 5.20. The van der Waals surface area contributed by atoms with E-state index in [9.17, 15) is 9.90 Å². The Labute approximate surface area is 140 Å². The second-order valence-electron chi connectivity index (χ2n) is 8.21. The van der Waals surface area contributed by atoms with Crippen molar-refractivity contribution in [2.75, 3.05) is 6.61 Å². The minimum atomic E-state index is -0.850. The van der Waals surface area contributed by atoms with Crippen LogP contribution in [0, 0.1) is 22.7 Å². The highest BCUT2D eigenvalue weighted by molar-refractivity contribution is 5.80. The molecule has 0 spiro atoms. The van der Waals surface area contributed by atoms with Crippen LogP contribution in [0.5, 0.6) is 0 Å². The average Bonchev–Trinajstić information content (AvgIpc) is 2.48. The van der Waals surface area contributed by atoms with Gasteiger partial charge in [-0.3, -0.25) is 0 Å². The van der Waals surface area contributed by atoms with E-state index in [1.807, 2.05) is 6.92 Å². The Bertz CT molecular complexity index is 519. The van der Waals surface area contributed by atoms with E-state index >= 15 is 0 Å².